The van der Waals surface area contributed by atoms with E-state index in [4.69, 9.17) is 0 Å². The predicted octanol–water partition coefficient (Wildman–Crippen LogP) is 3.09. The summed E-state index contributed by atoms with van der Waals surface area (Å²) in [6, 6.07) is 4.43. The van der Waals surface area contributed by atoms with E-state index in [1.54, 1.807) is 11.3 Å². The van der Waals surface area contributed by atoms with E-state index in [-0.39, 0.29) is 24.0 Å². The normalized spacial score (nSPS) is 16.0. The maximum Gasteiger partial charge on any atom is 0.237 e. The van der Waals surface area contributed by atoms with Crippen molar-refractivity contribution in [2.45, 2.75) is 58.7 Å². The Balaban J connectivity index is 2.40. The number of carbonyl (C=O) groups excluding carboxylic acids is 1. The van der Waals surface area contributed by atoms with Crippen molar-refractivity contribution in [1.29, 1.82) is 0 Å². The van der Waals surface area contributed by atoms with E-state index in [0.29, 0.717) is 0 Å². The highest BCUT2D eigenvalue weighted by Crippen LogP contribution is 2.18. The highest BCUT2D eigenvalue weighted by Gasteiger charge is 2.17. The van der Waals surface area contributed by atoms with Gasteiger partial charge in [0, 0.05) is 17.0 Å². The van der Waals surface area contributed by atoms with E-state index in [9.17, 15) is 4.79 Å². The van der Waals surface area contributed by atoms with Crippen LogP contribution in [0.3, 0.4) is 0 Å². The highest BCUT2D eigenvalue weighted by molar-refractivity contribution is 7.10. The minimum Gasteiger partial charge on any atom is -0.352 e. The lowest BCUT2D eigenvalue weighted by atomic mass is 10.1. The fraction of sp³-hybridized carbons (Fsp3) is 0.643. The van der Waals surface area contributed by atoms with Gasteiger partial charge in [0.1, 0.15) is 0 Å². The summed E-state index contributed by atoms with van der Waals surface area (Å²) < 4.78 is 0. The van der Waals surface area contributed by atoms with Crippen molar-refractivity contribution in [1.82, 2.24) is 10.6 Å². The summed E-state index contributed by atoms with van der Waals surface area (Å²) in [5.74, 6) is 0.0827. The molecular weight excluding hydrogens is 244 g/mol. The minimum absolute atomic E-state index is 0.0827. The lowest BCUT2D eigenvalue weighted by Crippen LogP contribution is -2.46. The van der Waals surface area contributed by atoms with Crippen LogP contribution < -0.4 is 10.6 Å². The molecule has 1 aromatic heterocycles. The smallest absolute Gasteiger partial charge is 0.237 e. The van der Waals surface area contributed by atoms with Crippen LogP contribution >= 0.6 is 11.3 Å². The molecule has 2 unspecified atom stereocenters. The summed E-state index contributed by atoms with van der Waals surface area (Å²) in [5, 5.41) is 8.42. The van der Waals surface area contributed by atoms with Crippen LogP contribution in [-0.2, 0) is 4.79 Å². The molecule has 0 saturated carbocycles. The van der Waals surface area contributed by atoms with E-state index in [2.05, 4.69) is 42.9 Å². The Morgan fingerprint density at radius 3 is 2.67 bits per heavy atom. The predicted molar refractivity (Wildman–Crippen MR) is 77.8 cm³/mol. The summed E-state index contributed by atoms with van der Waals surface area (Å²) in [4.78, 5) is 13.2. The zero-order chi connectivity index (χ0) is 13.5. The van der Waals surface area contributed by atoms with Crippen LogP contribution in [0.25, 0.3) is 0 Å². The standard InChI is InChI=1S/C14H24N2OS/c1-5-7-10(2)15-14(17)12(4)16-11(3)13-8-6-9-18-13/h6,8-12,16H,5,7H2,1-4H3,(H,15,17)/t10?,11-,12?/m0/s1. The van der Waals surface area contributed by atoms with Crippen molar-refractivity contribution in [3.05, 3.63) is 22.4 Å². The van der Waals surface area contributed by atoms with Crippen molar-refractivity contribution in [3.8, 4) is 0 Å². The van der Waals surface area contributed by atoms with Gasteiger partial charge in [-0.25, -0.2) is 0 Å². The molecule has 3 atom stereocenters. The van der Waals surface area contributed by atoms with E-state index >= 15 is 0 Å². The number of thiophene rings is 1. The molecule has 1 rings (SSSR count). The van der Waals surface area contributed by atoms with Gasteiger partial charge in [-0.15, -0.1) is 11.3 Å². The van der Waals surface area contributed by atoms with Crippen molar-refractivity contribution in [3.63, 3.8) is 0 Å². The average Bonchev–Trinajstić information content (AvgIpc) is 2.82. The SMILES string of the molecule is CCCC(C)NC(=O)C(C)N[C@@H](C)c1cccs1. The summed E-state index contributed by atoms with van der Waals surface area (Å²) >= 11 is 1.71. The second-order valence-electron chi connectivity index (χ2n) is 4.82. The Morgan fingerprint density at radius 1 is 1.39 bits per heavy atom. The number of carbonyl (C=O) groups is 1. The quantitative estimate of drug-likeness (QED) is 0.798. The third kappa shape index (κ3) is 4.78. The van der Waals surface area contributed by atoms with Gasteiger partial charge in [-0.1, -0.05) is 19.4 Å². The first-order valence-electron chi connectivity index (χ1n) is 6.64. The zero-order valence-corrected chi connectivity index (χ0v) is 12.5. The zero-order valence-electron chi connectivity index (χ0n) is 11.7. The first-order chi connectivity index (χ1) is 8.54. The maximum absolute atomic E-state index is 12.0. The first-order valence-corrected chi connectivity index (χ1v) is 7.52. The second-order valence-corrected chi connectivity index (χ2v) is 5.80. The van der Waals surface area contributed by atoms with Crippen molar-refractivity contribution in [2.75, 3.05) is 0 Å². The molecule has 102 valence electrons. The Morgan fingerprint density at radius 2 is 2.11 bits per heavy atom. The van der Waals surface area contributed by atoms with E-state index in [0.717, 1.165) is 12.8 Å². The van der Waals surface area contributed by atoms with E-state index in [1.165, 1.54) is 4.88 Å². The summed E-state index contributed by atoms with van der Waals surface area (Å²) in [7, 11) is 0. The van der Waals surface area contributed by atoms with Crippen LogP contribution in [0.5, 0.6) is 0 Å². The monoisotopic (exact) mass is 268 g/mol. The number of amides is 1. The molecule has 0 bridgehead atoms. The highest BCUT2D eigenvalue weighted by atomic mass is 32.1. The number of rotatable bonds is 7. The second kappa shape index (κ2) is 7.54. The van der Waals surface area contributed by atoms with Crippen LogP contribution in [0, 0.1) is 0 Å². The molecule has 4 heteroatoms. The third-order valence-corrected chi connectivity index (χ3v) is 4.03. The molecule has 1 heterocycles. The van der Waals surface area contributed by atoms with Gasteiger partial charge >= 0.3 is 0 Å². The lowest BCUT2D eigenvalue weighted by Gasteiger charge is -2.21. The molecular formula is C14H24N2OS. The van der Waals surface area contributed by atoms with Gasteiger partial charge in [-0.05, 0) is 38.6 Å². The van der Waals surface area contributed by atoms with Gasteiger partial charge in [0.25, 0.3) is 0 Å². The molecule has 1 amide bonds. The van der Waals surface area contributed by atoms with Gasteiger partial charge in [0.2, 0.25) is 5.91 Å². The Hall–Kier alpha value is -0.870. The Kier molecular flexibility index (Phi) is 6.36. The fourth-order valence-electron chi connectivity index (χ4n) is 1.94. The molecule has 0 aliphatic carbocycles. The largest absolute Gasteiger partial charge is 0.352 e. The summed E-state index contributed by atoms with van der Waals surface area (Å²) in [6.07, 6.45) is 2.12. The van der Waals surface area contributed by atoms with Crippen molar-refractivity contribution in [2.24, 2.45) is 0 Å². The fourth-order valence-corrected chi connectivity index (χ4v) is 2.69. The molecule has 0 radical (unpaired) electrons. The summed E-state index contributed by atoms with van der Waals surface area (Å²) in [5.41, 5.74) is 0. The molecule has 0 saturated heterocycles. The van der Waals surface area contributed by atoms with E-state index in [1.807, 2.05) is 13.0 Å². The van der Waals surface area contributed by atoms with Crippen molar-refractivity contribution < 1.29 is 4.79 Å². The average molecular weight is 268 g/mol. The molecule has 18 heavy (non-hydrogen) atoms. The Bertz CT molecular complexity index is 351. The van der Waals surface area contributed by atoms with Crippen LogP contribution in [0.4, 0.5) is 0 Å². The first kappa shape index (κ1) is 15.2. The molecule has 0 fully saturated rings. The third-order valence-electron chi connectivity index (χ3n) is 2.97. The van der Waals surface area contributed by atoms with Gasteiger partial charge in [0.15, 0.2) is 0 Å². The van der Waals surface area contributed by atoms with E-state index < -0.39 is 0 Å². The maximum atomic E-state index is 12.0. The molecule has 0 aromatic carbocycles. The number of nitrogens with one attached hydrogen (secondary N) is 2. The molecule has 2 N–H and O–H groups in total. The minimum atomic E-state index is -0.165. The van der Waals surface area contributed by atoms with Crippen LogP contribution in [0.2, 0.25) is 0 Å². The molecule has 1 aromatic rings. The van der Waals surface area contributed by atoms with Crippen molar-refractivity contribution >= 4 is 17.2 Å². The topological polar surface area (TPSA) is 41.1 Å². The molecule has 0 spiro atoms. The van der Waals surface area contributed by atoms with Crippen LogP contribution in [0.1, 0.15) is 51.5 Å². The van der Waals surface area contributed by atoms with Gasteiger partial charge in [-0.2, -0.15) is 0 Å². The number of hydrogen-bond acceptors (Lipinski definition) is 3. The Labute approximate surface area is 114 Å². The van der Waals surface area contributed by atoms with Gasteiger partial charge in [0.05, 0.1) is 6.04 Å². The van der Waals surface area contributed by atoms with Crippen LogP contribution in [0.15, 0.2) is 17.5 Å². The number of hydrogen-bond donors (Lipinski definition) is 2. The van der Waals surface area contributed by atoms with Gasteiger partial charge < -0.3 is 5.32 Å². The summed E-state index contributed by atoms with van der Waals surface area (Å²) in [6.45, 7) is 8.18. The van der Waals surface area contributed by atoms with Crippen LogP contribution in [-0.4, -0.2) is 18.0 Å². The van der Waals surface area contributed by atoms with Gasteiger partial charge in [-0.3, -0.25) is 10.1 Å². The molecule has 3 nitrogen and oxygen atoms in total. The molecule has 0 aliphatic rings. The molecule has 0 aliphatic heterocycles. The lowest BCUT2D eigenvalue weighted by molar-refractivity contribution is -0.123.